The standard InChI is InChI=1S/C32H70N2O2/c1-7-9-11-13-15-17-19-21-23-25-27-33(3,4)29-31(35)32(36)30-34(5,6)28-26-24-22-20-18-16-14-12-10-8-2/h31-32,35-36H,7-30H2,1-6H3/q+2. The molecule has 0 saturated heterocycles. The Morgan fingerprint density at radius 2 is 0.611 bits per heavy atom. The van der Waals surface area contributed by atoms with Crippen LogP contribution in [0.15, 0.2) is 0 Å². The van der Waals surface area contributed by atoms with Crippen LogP contribution < -0.4 is 0 Å². The number of unbranched alkanes of at least 4 members (excludes halogenated alkanes) is 18. The lowest BCUT2D eigenvalue weighted by molar-refractivity contribution is -0.902. The summed E-state index contributed by atoms with van der Waals surface area (Å²) in [6, 6.07) is 0. The predicted octanol–water partition coefficient (Wildman–Crippen LogP) is 7.70. The summed E-state index contributed by atoms with van der Waals surface area (Å²) in [7, 11) is 8.81. The van der Waals surface area contributed by atoms with E-state index in [4.69, 9.17) is 0 Å². The first-order chi connectivity index (χ1) is 17.1. The molecule has 0 saturated carbocycles. The third-order valence-corrected chi connectivity index (χ3v) is 8.04. The number of aliphatic hydroxyl groups is 2. The van der Waals surface area contributed by atoms with Gasteiger partial charge in [0.1, 0.15) is 25.3 Å². The summed E-state index contributed by atoms with van der Waals surface area (Å²) in [4.78, 5) is 0. The lowest BCUT2D eigenvalue weighted by atomic mass is 10.1. The van der Waals surface area contributed by atoms with Crippen LogP contribution in [-0.4, -0.2) is 85.8 Å². The molecule has 2 N–H and O–H groups in total. The fraction of sp³-hybridized carbons (Fsp3) is 1.00. The summed E-state index contributed by atoms with van der Waals surface area (Å²) in [5.41, 5.74) is 0. The van der Waals surface area contributed by atoms with Gasteiger partial charge in [-0.25, -0.2) is 0 Å². The Morgan fingerprint density at radius 1 is 0.389 bits per heavy atom. The highest BCUT2D eigenvalue weighted by Crippen LogP contribution is 2.15. The third kappa shape index (κ3) is 23.0. The first-order valence-corrected chi connectivity index (χ1v) is 16.1. The molecule has 2 atom stereocenters. The number of likely N-dealkylation sites (N-methyl/N-ethyl adjacent to an activating group) is 2. The molecule has 0 fully saturated rings. The van der Waals surface area contributed by atoms with Crippen molar-refractivity contribution in [2.75, 3.05) is 54.4 Å². The summed E-state index contributed by atoms with van der Waals surface area (Å²) in [6.07, 6.45) is 25.8. The molecule has 0 aromatic heterocycles. The van der Waals surface area contributed by atoms with Crippen molar-refractivity contribution in [2.45, 2.75) is 154 Å². The van der Waals surface area contributed by atoms with Crippen molar-refractivity contribution in [1.82, 2.24) is 0 Å². The molecule has 0 bridgehead atoms. The SMILES string of the molecule is CCCCCCCCCCCC[N+](C)(C)CC(O)C(O)C[N+](C)(C)CCCCCCCCCCCC. The van der Waals surface area contributed by atoms with Crippen LogP contribution in [-0.2, 0) is 0 Å². The van der Waals surface area contributed by atoms with Gasteiger partial charge in [0.2, 0.25) is 0 Å². The Balaban J connectivity index is 3.91. The van der Waals surface area contributed by atoms with Crippen molar-refractivity contribution in [2.24, 2.45) is 0 Å². The second-order valence-corrected chi connectivity index (χ2v) is 13.2. The quantitative estimate of drug-likeness (QED) is 0.0870. The molecule has 0 heterocycles. The van der Waals surface area contributed by atoms with E-state index in [2.05, 4.69) is 42.0 Å². The Hall–Kier alpha value is -0.160. The van der Waals surface area contributed by atoms with Crippen molar-refractivity contribution in [3.63, 3.8) is 0 Å². The molecule has 36 heavy (non-hydrogen) atoms. The van der Waals surface area contributed by atoms with E-state index < -0.39 is 12.2 Å². The number of aliphatic hydroxyl groups excluding tert-OH is 2. The molecule has 4 heteroatoms. The fourth-order valence-electron chi connectivity index (χ4n) is 5.49. The number of hydrogen-bond acceptors (Lipinski definition) is 2. The lowest BCUT2D eigenvalue weighted by Crippen LogP contribution is -2.54. The molecule has 0 rings (SSSR count). The van der Waals surface area contributed by atoms with E-state index in [9.17, 15) is 10.2 Å². The Bertz CT molecular complexity index is 425. The minimum absolute atomic E-state index is 0.636. The van der Waals surface area contributed by atoms with Crippen LogP contribution in [0.4, 0.5) is 0 Å². The highest BCUT2D eigenvalue weighted by molar-refractivity contribution is 4.67. The maximum Gasteiger partial charge on any atom is 0.134 e. The van der Waals surface area contributed by atoms with Gasteiger partial charge < -0.3 is 19.2 Å². The van der Waals surface area contributed by atoms with Crippen LogP contribution in [0.1, 0.15) is 142 Å². The van der Waals surface area contributed by atoms with Crippen LogP contribution in [0.25, 0.3) is 0 Å². The summed E-state index contributed by atoms with van der Waals surface area (Å²) < 4.78 is 1.59. The van der Waals surface area contributed by atoms with Gasteiger partial charge in [-0.1, -0.05) is 117 Å². The number of rotatable bonds is 27. The first-order valence-electron chi connectivity index (χ1n) is 16.1. The topological polar surface area (TPSA) is 40.5 Å². The average Bonchev–Trinajstić information content (AvgIpc) is 2.80. The molecule has 0 aromatic carbocycles. The van der Waals surface area contributed by atoms with Gasteiger partial charge in [-0.05, 0) is 25.7 Å². The van der Waals surface area contributed by atoms with Crippen LogP contribution >= 0.6 is 0 Å². The van der Waals surface area contributed by atoms with Crippen molar-refractivity contribution in [1.29, 1.82) is 0 Å². The lowest BCUT2D eigenvalue weighted by Gasteiger charge is -2.36. The van der Waals surface area contributed by atoms with E-state index in [0.717, 1.165) is 22.1 Å². The molecule has 0 amide bonds. The molecule has 0 aliphatic carbocycles. The normalized spacial score (nSPS) is 14.3. The number of nitrogens with zero attached hydrogens (tertiary/aromatic N) is 2. The largest absolute Gasteiger partial charge is 0.384 e. The van der Waals surface area contributed by atoms with Gasteiger partial charge in [0.05, 0.1) is 41.3 Å². The van der Waals surface area contributed by atoms with Gasteiger partial charge >= 0.3 is 0 Å². The van der Waals surface area contributed by atoms with E-state index in [1.54, 1.807) is 0 Å². The minimum Gasteiger partial charge on any atom is -0.384 e. The molecule has 4 nitrogen and oxygen atoms in total. The zero-order valence-corrected chi connectivity index (χ0v) is 25.9. The minimum atomic E-state index is -0.645. The molecule has 218 valence electrons. The third-order valence-electron chi connectivity index (χ3n) is 8.04. The van der Waals surface area contributed by atoms with Crippen LogP contribution in [0.2, 0.25) is 0 Å². The van der Waals surface area contributed by atoms with Crippen molar-refractivity contribution >= 4 is 0 Å². The van der Waals surface area contributed by atoms with E-state index in [1.165, 1.54) is 128 Å². The molecule has 0 radical (unpaired) electrons. The second-order valence-electron chi connectivity index (χ2n) is 13.2. The van der Waals surface area contributed by atoms with Gasteiger partial charge in [0.25, 0.3) is 0 Å². The zero-order valence-electron chi connectivity index (χ0n) is 25.9. The molecule has 2 unspecified atom stereocenters. The van der Waals surface area contributed by atoms with Crippen molar-refractivity contribution < 1.29 is 19.2 Å². The fourth-order valence-corrected chi connectivity index (χ4v) is 5.49. The summed E-state index contributed by atoms with van der Waals surface area (Å²) >= 11 is 0. The van der Waals surface area contributed by atoms with E-state index in [1.807, 2.05) is 0 Å². The summed E-state index contributed by atoms with van der Waals surface area (Å²) in [6.45, 7) is 7.99. The molecule has 0 spiro atoms. The highest BCUT2D eigenvalue weighted by Gasteiger charge is 2.30. The number of quaternary nitrogens is 2. The molecule has 0 aromatic rings. The predicted molar refractivity (Wildman–Crippen MR) is 159 cm³/mol. The van der Waals surface area contributed by atoms with Gasteiger partial charge in [0.15, 0.2) is 0 Å². The van der Waals surface area contributed by atoms with E-state index >= 15 is 0 Å². The van der Waals surface area contributed by atoms with Gasteiger partial charge in [-0.3, -0.25) is 0 Å². The van der Waals surface area contributed by atoms with Crippen LogP contribution in [0, 0.1) is 0 Å². The van der Waals surface area contributed by atoms with Gasteiger partial charge in [-0.2, -0.15) is 0 Å². The molecular weight excluding hydrogens is 444 g/mol. The van der Waals surface area contributed by atoms with Gasteiger partial charge in [-0.15, -0.1) is 0 Å². The van der Waals surface area contributed by atoms with Gasteiger partial charge in [0, 0.05) is 0 Å². The molecule has 0 aliphatic heterocycles. The highest BCUT2D eigenvalue weighted by atomic mass is 16.3. The molecule has 0 aliphatic rings. The number of hydrogen-bond donors (Lipinski definition) is 2. The molecular formula is C32H70N2O2+2. The summed E-state index contributed by atoms with van der Waals surface area (Å²) in [5, 5.41) is 21.5. The van der Waals surface area contributed by atoms with Crippen LogP contribution in [0.3, 0.4) is 0 Å². The first kappa shape index (κ1) is 35.8. The Labute approximate surface area is 228 Å². The van der Waals surface area contributed by atoms with Crippen molar-refractivity contribution in [3.05, 3.63) is 0 Å². The van der Waals surface area contributed by atoms with E-state index in [0.29, 0.717) is 13.1 Å². The maximum atomic E-state index is 10.7. The summed E-state index contributed by atoms with van der Waals surface area (Å²) in [5.74, 6) is 0. The maximum absolute atomic E-state index is 10.7. The monoisotopic (exact) mass is 515 g/mol. The second kappa shape index (κ2) is 22.8. The van der Waals surface area contributed by atoms with E-state index in [-0.39, 0.29) is 0 Å². The van der Waals surface area contributed by atoms with Crippen LogP contribution in [0.5, 0.6) is 0 Å². The Kier molecular flexibility index (Phi) is 22.7. The zero-order chi connectivity index (χ0) is 27.1. The Morgan fingerprint density at radius 3 is 0.861 bits per heavy atom. The van der Waals surface area contributed by atoms with Crippen molar-refractivity contribution in [3.8, 4) is 0 Å². The average molecular weight is 515 g/mol. The smallest absolute Gasteiger partial charge is 0.134 e.